The number of likely N-dealkylation sites (tertiary alicyclic amines) is 1. The van der Waals surface area contributed by atoms with Crippen molar-refractivity contribution in [3.05, 3.63) is 114 Å². The number of alkyl halides is 6. The van der Waals surface area contributed by atoms with Crippen molar-refractivity contribution in [3.63, 3.8) is 0 Å². The van der Waals surface area contributed by atoms with Crippen LogP contribution < -0.4 is 20.0 Å². The molecule has 0 saturated carbocycles. The second-order valence-corrected chi connectivity index (χ2v) is 15.0. The zero-order valence-corrected chi connectivity index (χ0v) is 31.7. The highest BCUT2D eigenvalue weighted by atomic mass is 32.2. The van der Waals surface area contributed by atoms with Crippen LogP contribution in [0.5, 0.6) is 17.2 Å². The van der Waals surface area contributed by atoms with Gasteiger partial charge in [-0.1, -0.05) is 24.3 Å². The number of piperidine rings is 1. The molecule has 1 heterocycles. The summed E-state index contributed by atoms with van der Waals surface area (Å²) in [4.78, 5) is 35.6. The maximum Gasteiger partial charge on any atom is 0.573 e. The summed E-state index contributed by atoms with van der Waals surface area (Å²) in [5, 5.41) is 19.7. The third kappa shape index (κ3) is 13.7. The van der Waals surface area contributed by atoms with Gasteiger partial charge < -0.3 is 29.3 Å². The fourth-order valence-corrected chi connectivity index (χ4v) is 7.00. The first kappa shape index (κ1) is 45.5. The van der Waals surface area contributed by atoms with Crippen molar-refractivity contribution < 1.29 is 81.7 Å². The molecule has 316 valence electrons. The van der Waals surface area contributed by atoms with E-state index in [1.54, 1.807) is 24.3 Å². The van der Waals surface area contributed by atoms with Crippen molar-refractivity contribution in [2.45, 2.75) is 49.3 Å². The number of rotatable bonds is 11. The number of nitrogens with one attached hydrogen (secondary N) is 1. The summed E-state index contributed by atoms with van der Waals surface area (Å²) in [6.45, 7) is 1.66. The number of nitrogens with two attached hydrogens (primary N) is 1. The van der Waals surface area contributed by atoms with E-state index in [-0.39, 0.29) is 29.4 Å². The van der Waals surface area contributed by atoms with E-state index in [4.69, 9.17) is 19.8 Å². The SMILES string of the molecule is C[N+]1(Cc2ccc(F)cc2)CCC/C(=[N+](\C(=O)Nc2ccc(OS(=O)(=O)c3ccc(OC(F)(F)F)cc3)cc2)[C@@H](Cc2ccc(O)cc2)C(N)=O)C1.O=C(O)C(F)(F)F. The summed E-state index contributed by atoms with van der Waals surface area (Å²) < 4.78 is 119. The first-order chi connectivity index (χ1) is 27.4. The molecule has 0 radical (unpaired) electrons. The number of nitrogens with zero attached hydrogens (tertiary/aromatic N) is 2. The molecule has 1 saturated heterocycles. The molecule has 13 nitrogen and oxygen atoms in total. The minimum atomic E-state index is -5.08. The molecule has 0 aromatic heterocycles. The number of quaternary nitrogens is 1. The standard InChI is InChI=1S/C36H34F4N4O7S.C2HF3O2/c1-44(22-25-4-8-26(37)9-5-25)20-2-3-28(23-44)43(33(34(41)46)21-24-6-12-29(45)13-7-24)35(47)42-27-10-14-31(15-11-27)51-52(48,49)32-18-16-30(17-19-32)50-36(38,39)40;3-2(4,5)1(6)7/h4-19,33H,2-3,20-23H2,1H3,(H2-2,41,42,45,46,47);(H,6,7)/p+2/b43-28+;/t33-,44?;/m0./s1. The van der Waals surface area contributed by atoms with Gasteiger partial charge in [-0.05, 0) is 78.4 Å². The molecule has 1 unspecified atom stereocenters. The van der Waals surface area contributed by atoms with E-state index in [0.717, 1.165) is 36.4 Å². The lowest BCUT2D eigenvalue weighted by molar-refractivity contribution is -0.918. The Bertz CT molecular complexity index is 2250. The van der Waals surface area contributed by atoms with E-state index in [9.17, 15) is 53.8 Å². The molecule has 5 rings (SSSR count). The lowest BCUT2D eigenvalue weighted by Gasteiger charge is -2.38. The molecule has 5 N–H and O–H groups in total. The first-order valence-electron chi connectivity index (χ1n) is 17.2. The third-order valence-electron chi connectivity index (χ3n) is 8.67. The number of phenols is 1. The molecule has 1 aliphatic rings. The lowest BCUT2D eigenvalue weighted by atomic mass is 10.0. The Morgan fingerprint density at radius 3 is 1.93 bits per heavy atom. The highest BCUT2D eigenvalue weighted by Gasteiger charge is 2.40. The van der Waals surface area contributed by atoms with Gasteiger partial charge in [-0.3, -0.25) is 4.79 Å². The topological polar surface area (TPSA) is 185 Å². The first-order valence-corrected chi connectivity index (χ1v) is 18.6. The maximum atomic E-state index is 14.1. The Hall–Kier alpha value is -6.22. The lowest BCUT2D eigenvalue weighted by Crippen LogP contribution is -2.56. The van der Waals surface area contributed by atoms with Gasteiger partial charge in [0.05, 0.1) is 13.6 Å². The second-order valence-electron chi connectivity index (χ2n) is 13.4. The molecule has 59 heavy (non-hydrogen) atoms. The van der Waals surface area contributed by atoms with E-state index in [2.05, 4.69) is 10.1 Å². The largest absolute Gasteiger partial charge is 0.573 e. The van der Waals surface area contributed by atoms with Crippen LogP contribution in [0.1, 0.15) is 24.0 Å². The van der Waals surface area contributed by atoms with Gasteiger partial charge in [-0.25, -0.2) is 14.5 Å². The van der Waals surface area contributed by atoms with Crippen LogP contribution in [0.25, 0.3) is 0 Å². The number of ether oxygens (including phenoxy) is 1. The number of urea groups is 1. The molecular weight excluding hydrogens is 821 g/mol. The van der Waals surface area contributed by atoms with Crippen molar-refractivity contribution in [2.75, 3.05) is 25.5 Å². The molecule has 2 atom stereocenters. The predicted octanol–water partition coefficient (Wildman–Crippen LogP) is 6.35. The minimum absolute atomic E-state index is 0.0261. The summed E-state index contributed by atoms with van der Waals surface area (Å²) in [6.07, 6.45) is -8.82. The number of aliphatic carboxylic acids is 1. The summed E-state index contributed by atoms with van der Waals surface area (Å²) in [5.74, 6) is -4.60. The Morgan fingerprint density at radius 2 is 1.41 bits per heavy atom. The van der Waals surface area contributed by atoms with Crippen LogP contribution in [0.3, 0.4) is 0 Å². The normalized spacial score (nSPS) is 17.1. The number of aromatic hydroxyl groups is 1. The maximum absolute atomic E-state index is 14.1. The molecule has 0 bridgehead atoms. The summed E-state index contributed by atoms with van der Waals surface area (Å²) in [7, 11) is -2.44. The van der Waals surface area contributed by atoms with Gasteiger partial charge in [0, 0.05) is 24.8 Å². The Kier molecular flexibility index (Phi) is 14.3. The second kappa shape index (κ2) is 18.6. The highest BCUT2D eigenvalue weighted by Crippen LogP contribution is 2.27. The number of phenolic OH excluding ortho intramolecular Hbond substituents is 1. The number of carboxylic acid groups (broad SMARTS) is 1. The van der Waals surface area contributed by atoms with E-state index in [1.807, 2.05) is 7.05 Å². The highest BCUT2D eigenvalue weighted by molar-refractivity contribution is 7.87. The molecule has 4 aromatic rings. The molecule has 1 fully saturated rings. The number of hydrogen-bond donors (Lipinski definition) is 4. The molecule has 0 spiro atoms. The Labute approximate surface area is 332 Å². The minimum Gasteiger partial charge on any atom is -0.508 e. The van der Waals surface area contributed by atoms with Gasteiger partial charge in [-0.2, -0.15) is 31.0 Å². The monoisotopic (exact) mass is 858 g/mol. The number of carboxylic acids is 1. The van der Waals surface area contributed by atoms with Gasteiger partial charge in [-0.15, -0.1) is 13.2 Å². The smallest absolute Gasteiger partial charge is 0.508 e. The zero-order valence-electron chi connectivity index (χ0n) is 30.8. The van der Waals surface area contributed by atoms with E-state index >= 15 is 0 Å². The number of carbonyl (C=O) groups excluding carboxylic acids is 2. The van der Waals surface area contributed by atoms with Crippen molar-refractivity contribution >= 4 is 39.4 Å². The van der Waals surface area contributed by atoms with Crippen molar-refractivity contribution in [1.82, 2.24) is 0 Å². The number of anilines is 1. The average Bonchev–Trinajstić information content (AvgIpc) is 3.13. The fourth-order valence-electron chi connectivity index (χ4n) is 6.07. The van der Waals surface area contributed by atoms with E-state index in [1.165, 1.54) is 53.1 Å². The van der Waals surface area contributed by atoms with Crippen molar-refractivity contribution in [2.24, 2.45) is 5.73 Å². The predicted molar refractivity (Wildman–Crippen MR) is 195 cm³/mol. The van der Waals surface area contributed by atoms with Gasteiger partial charge in [0.15, 0.2) is 6.04 Å². The number of hydrogen-bond acceptors (Lipinski definition) is 8. The molecular formula is C38H37F7N4O9S+2. The molecule has 1 aliphatic heterocycles. The third-order valence-corrected chi connectivity index (χ3v) is 9.93. The number of amides is 3. The Balaban J connectivity index is 0.00000101. The number of halogens is 7. The molecule has 0 aliphatic carbocycles. The van der Waals surface area contributed by atoms with Crippen LogP contribution in [-0.2, 0) is 32.7 Å². The van der Waals surface area contributed by atoms with Gasteiger partial charge in [0.25, 0.3) is 5.91 Å². The van der Waals surface area contributed by atoms with Crippen LogP contribution in [0.15, 0.2) is 102 Å². The van der Waals surface area contributed by atoms with Crippen LogP contribution in [0.2, 0.25) is 0 Å². The zero-order chi connectivity index (χ0) is 43.8. The van der Waals surface area contributed by atoms with Gasteiger partial charge in [0.2, 0.25) is 0 Å². The summed E-state index contributed by atoms with van der Waals surface area (Å²) >= 11 is 0. The van der Waals surface area contributed by atoms with Crippen LogP contribution in [0, 0.1) is 5.82 Å². The molecule has 3 amide bonds. The van der Waals surface area contributed by atoms with E-state index < -0.39 is 57.3 Å². The van der Waals surface area contributed by atoms with Crippen LogP contribution >= 0.6 is 0 Å². The number of primary amides is 1. The van der Waals surface area contributed by atoms with Crippen LogP contribution in [-0.4, -0.2) is 90.0 Å². The fraction of sp³-hybridized carbons (Fsp3) is 0.263. The Morgan fingerprint density at radius 1 is 0.864 bits per heavy atom. The molecule has 21 heteroatoms. The van der Waals surface area contributed by atoms with Crippen LogP contribution in [0.4, 0.5) is 41.2 Å². The number of carbonyl (C=O) groups is 3. The van der Waals surface area contributed by atoms with Crippen molar-refractivity contribution in [3.8, 4) is 17.2 Å². The molecule has 4 aromatic carbocycles. The average molecular weight is 859 g/mol. The quantitative estimate of drug-likeness (QED) is 0.0577. The summed E-state index contributed by atoms with van der Waals surface area (Å²) in [5.41, 5.74) is 8.34. The number of benzene rings is 4. The van der Waals surface area contributed by atoms with E-state index in [0.29, 0.717) is 41.7 Å². The van der Waals surface area contributed by atoms with Crippen molar-refractivity contribution in [1.29, 1.82) is 0 Å². The summed E-state index contributed by atoms with van der Waals surface area (Å²) in [6, 6.07) is 19.3. The van der Waals surface area contributed by atoms with Gasteiger partial charge in [0.1, 0.15) is 52.4 Å². The van der Waals surface area contributed by atoms with Gasteiger partial charge >= 0.3 is 34.7 Å².